The monoisotopic (exact) mass is 356 g/mol. The minimum atomic E-state index is -4.38. The average Bonchev–Trinajstić information content (AvgIpc) is 2.31. The predicted molar refractivity (Wildman–Crippen MR) is 79.6 cm³/mol. The molecule has 21 heavy (non-hydrogen) atoms. The molecule has 0 saturated carbocycles. The number of hydrogen-bond acceptors (Lipinski definition) is 3. The predicted octanol–water partition coefficient (Wildman–Crippen LogP) is 2.70. The van der Waals surface area contributed by atoms with E-state index in [1.807, 2.05) is 6.92 Å². The molecule has 0 unspecified atom stereocenters. The number of hydrogen-bond donors (Lipinski definition) is 2. The molecule has 0 saturated heterocycles. The van der Waals surface area contributed by atoms with E-state index in [1.54, 1.807) is 13.8 Å². The Hall–Kier alpha value is -0.890. The van der Waals surface area contributed by atoms with Gasteiger partial charge in [-0.15, -0.1) is 0 Å². The molecular formula is C12H15Cl2FN2O3S. The highest BCUT2D eigenvalue weighted by Crippen LogP contribution is 2.34. The summed E-state index contributed by atoms with van der Waals surface area (Å²) < 4.78 is 36.6. The zero-order valence-electron chi connectivity index (χ0n) is 11.6. The van der Waals surface area contributed by atoms with Crippen molar-refractivity contribution in [1.29, 1.82) is 0 Å². The fraction of sp³-hybridized carbons (Fsp3) is 0.417. The Morgan fingerprint density at radius 3 is 2.33 bits per heavy atom. The van der Waals surface area contributed by atoms with Crippen molar-refractivity contribution in [3.05, 3.63) is 27.5 Å². The number of rotatable bonds is 4. The van der Waals surface area contributed by atoms with Gasteiger partial charge in [-0.3, -0.25) is 4.79 Å². The molecule has 0 spiro atoms. The van der Waals surface area contributed by atoms with E-state index in [2.05, 4.69) is 5.32 Å². The van der Waals surface area contributed by atoms with Crippen LogP contribution in [0.5, 0.6) is 0 Å². The first kappa shape index (κ1) is 18.2. The molecule has 0 aliphatic rings. The van der Waals surface area contributed by atoms with Crippen LogP contribution in [0.3, 0.4) is 0 Å². The number of sulfonamides is 1. The van der Waals surface area contributed by atoms with E-state index < -0.39 is 42.2 Å². The van der Waals surface area contributed by atoms with Crippen LogP contribution >= 0.6 is 23.2 Å². The highest BCUT2D eigenvalue weighted by atomic mass is 35.5. The van der Waals surface area contributed by atoms with Crippen LogP contribution in [-0.4, -0.2) is 19.9 Å². The second-order valence-electron chi connectivity index (χ2n) is 5.10. The van der Waals surface area contributed by atoms with E-state index in [9.17, 15) is 17.6 Å². The molecule has 0 aliphatic heterocycles. The maximum absolute atomic E-state index is 13.7. The number of primary sulfonamides is 1. The van der Waals surface area contributed by atoms with Crippen molar-refractivity contribution < 1.29 is 17.6 Å². The lowest BCUT2D eigenvalue weighted by Gasteiger charge is -2.25. The van der Waals surface area contributed by atoms with Gasteiger partial charge in [-0.2, -0.15) is 0 Å². The highest BCUT2D eigenvalue weighted by molar-refractivity contribution is 7.89. The highest BCUT2D eigenvalue weighted by Gasteiger charge is 2.28. The fourth-order valence-electron chi connectivity index (χ4n) is 1.46. The van der Waals surface area contributed by atoms with Crippen LogP contribution in [0.2, 0.25) is 10.0 Å². The van der Waals surface area contributed by atoms with Gasteiger partial charge in [0.25, 0.3) is 5.91 Å². The summed E-state index contributed by atoms with van der Waals surface area (Å²) >= 11 is 11.4. The van der Waals surface area contributed by atoms with E-state index in [1.165, 1.54) is 0 Å². The smallest absolute Gasteiger partial charge is 0.253 e. The first-order valence-electron chi connectivity index (χ1n) is 5.93. The Bertz CT molecular complexity index is 690. The molecule has 0 radical (unpaired) electrons. The summed E-state index contributed by atoms with van der Waals surface area (Å²) in [5.74, 6) is -1.81. The lowest BCUT2D eigenvalue weighted by molar-refractivity contribution is 0.0910. The Morgan fingerprint density at radius 1 is 1.38 bits per heavy atom. The SMILES string of the molecule is CCC(C)(C)NC(=O)c1cc(F)c(Cl)c(S(N)(=O)=O)c1Cl. The Morgan fingerprint density at radius 2 is 1.90 bits per heavy atom. The number of nitrogens with two attached hydrogens (primary N) is 1. The van der Waals surface area contributed by atoms with Crippen molar-refractivity contribution in [1.82, 2.24) is 5.32 Å². The van der Waals surface area contributed by atoms with E-state index in [0.717, 1.165) is 6.07 Å². The quantitative estimate of drug-likeness (QED) is 0.812. The third-order valence-electron chi connectivity index (χ3n) is 2.98. The van der Waals surface area contributed by atoms with Gasteiger partial charge in [0.2, 0.25) is 10.0 Å². The third-order valence-corrected chi connectivity index (χ3v) is 4.94. The Kier molecular flexibility index (Phi) is 5.26. The van der Waals surface area contributed by atoms with Gasteiger partial charge >= 0.3 is 0 Å². The minimum Gasteiger partial charge on any atom is -0.347 e. The fourth-order valence-corrected chi connectivity index (χ4v) is 3.24. The Balaban J connectivity index is 3.47. The zero-order valence-corrected chi connectivity index (χ0v) is 14.0. The van der Waals surface area contributed by atoms with Crippen LogP contribution < -0.4 is 10.5 Å². The number of benzene rings is 1. The van der Waals surface area contributed by atoms with Crippen LogP contribution in [0.15, 0.2) is 11.0 Å². The molecule has 3 N–H and O–H groups in total. The van der Waals surface area contributed by atoms with Crippen molar-refractivity contribution in [2.75, 3.05) is 0 Å². The molecule has 0 aromatic heterocycles. The molecule has 5 nitrogen and oxygen atoms in total. The topological polar surface area (TPSA) is 89.3 Å². The molecule has 0 heterocycles. The standard InChI is InChI=1S/C12H15Cl2FN2O3S/c1-4-12(2,3)17-11(18)6-5-7(15)9(14)10(8(6)13)21(16,19)20/h5H,4H2,1-3H3,(H,17,18)(H2,16,19,20). The maximum atomic E-state index is 13.7. The van der Waals surface area contributed by atoms with E-state index in [-0.39, 0.29) is 5.56 Å². The van der Waals surface area contributed by atoms with Crippen molar-refractivity contribution in [3.8, 4) is 0 Å². The van der Waals surface area contributed by atoms with E-state index in [4.69, 9.17) is 28.3 Å². The van der Waals surface area contributed by atoms with Gasteiger partial charge in [-0.1, -0.05) is 30.1 Å². The lowest BCUT2D eigenvalue weighted by atomic mass is 10.0. The molecule has 0 atom stereocenters. The minimum absolute atomic E-state index is 0.343. The van der Waals surface area contributed by atoms with Crippen molar-refractivity contribution in [2.24, 2.45) is 5.14 Å². The number of carbonyl (C=O) groups is 1. The average molecular weight is 357 g/mol. The molecule has 1 rings (SSSR count). The molecule has 9 heteroatoms. The van der Waals surface area contributed by atoms with Gasteiger partial charge in [0.05, 0.1) is 15.6 Å². The van der Waals surface area contributed by atoms with Gasteiger partial charge in [0.1, 0.15) is 10.7 Å². The van der Waals surface area contributed by atoms with Crippen LogP contribution in [0.4, 0.5) is 4.39 Å². The zero-order chi connectivity index (χ0) is 16.6. The van der Waals surface area contributed by atoms with Gasteiger partial charge in [-0.25, -0.2) is 17.9 Å². The molecule has 1 aromatic carbocycles. The Labute approximate surface area is 132 Å². The molecular weight excluding hydrogens is 342 g/mol. The largest absolute Gasteiger partial charge is 0.347 e. The lowest BCUT2D eigenvalue weighted by Crippen LogP contribution is -2.43. The van der Waals surface area contributed by atoms with E-state index in [0.29, 0.717) is 6.42 Å². The van der Waals surface area contributed by atoms with Crippen molar-refractivity contribution in [3.63, 3.8) is 0 Å². The summed E-state index contributed by atoms with van der Waals surface area (Å²) in [6, 6.07) is 0.778. The van der Waals surface area contributed by atoms with Crippen LogP contribution in [0.1, 0.15) is 37.6 Å². The number of halogens is 3. The summed E-state index contributed by atoms with van der Waals surface area (Å²) in [5, 5.41) is 6.33. The maximum Gasteiger partial charge on any atom is 0.253 e. The molecule has 1 aromatic rings. The van der Waals surface area contributed by atoms with Gasteiger partial charge in [-0.05, 0) is 26.3 Å². The van der Waals surface area contributed by atoms with Crippen molar-refractivity contribution >= 4 is 39.1 Å². The molecule has 0 bridgehead atoms. The van der Waals surface area contributed by atoms with Gasteiger partial charge < -0.3 is 5.32 Å². The first-order chi connectivity index (χ1) is 9.40. The molecule has 1 amide bonds. The first-order valence-corrected chi connectivity index (χ1v) is 8.23. The summed E-state index contributed by atoms with van der Waals surface area (Å²) in [5.41, 5.74) is -0.915. The van der Waals surface area contributed by atoms with Crippen LogP contribution in [0.25, 0.3) is 0 Å². The van der Waals surface area contributed by atoms with Gasteiger partial charge in [0, 0.05) is 5.54 Å². The van der Waals surface area contributed by atoms with Gasteiger partial charge in [0.15, 0.2) is 0 Å². The van der Waals surface area contributed by atoms with E-state index >= 15 is 0 Å². The second-order valence-corrected chi connectivity index (χ2v) is 7.35. The summed E-state index contributed by atoms with van der Waals surface area (Å²) in [7, 11) is -4.38. The molecule has 118 valence electrons. The number of carbonyl (C=O) groups excluding carboxylic acids is 1. The summed E-state index contributed by atoms with van der Waals surface area (Å²) in [6.45, 7) is 5.36. The molecule has 0 aliphatic carbocycles. The van der Waals surface area contributed by atoms with Crippen molar-refractivity contribution in [2.45, 2.75) is 37.6 Å². The third kappa shape index (κ3) is 4.06. The summed E-state index contributed by atoms with van der Waals surface area (Å²) in [6.07, 6.45) is 0.606. The molecule has 0 fully saturated rings. The second kappa shape index (κ2) is 6.08. The number of amides is 1. The van der Waals surface area contributed by atoms with Crippen LogP contribution in [0, 0.1) is 5.82 Å². The number of nitrogens with one attached hydrogen (secondary N) is 1. The normalized spacial score (nSPS) is 12.3. The summed E-state index contributed by atoms with van der Waals surface area (Å²) in [4.78, 5) is 11.3. The van der Waals surface area contributed by atoms with Crippen LogP contribution in [-0.2, 0) is 10.0 Å².